The molecule has 2 rings (SSSR count). The van der Waals surface area contributed by atoms with E-state index in [4.69, 9.17) is 5.73 Å². The molecule has 0 aliphatic heterocycles. The summed E-state index contributed by atoms with van der Waals surface area (Å²) in [6.45, 7) is 6.42. The molecule has 0 unspecified atom stereocenters. The Morgan fingerprint density at radius 2 is 1.86 bits per heavy atom. The van der Waals surface area contributed by atoms with Gasteiger partial charge in [-0.2, -0.15) is 0 Å². The number of imidazole rings is 1. The first-order valence-corrected chi connectivity index (χ1v) is 4.57. The fraction of sp³-hybridized carbons (Fsp3) is 0.400. The molecule has 0 bridgehead atoms. The highest BCUT2D eigenvalue weighted by Gasteiger charge is 2.18. The Labute approximate surface area is 82.8 Å². The van der Waals surface area contributed by atoms with Gasteiger partial charge in [0.25, 0.3) is 0 Å². The molecule has 2 aromatic heterocycles. The van der Waals surface area contributed by atoms with E-state index in [2.05, 4.69) is 30.7 Å². The Kier molecular flexibility index (Phi) is 1.74. The van der Waals surface area contributed by atoms with Crippen LogP contribution in [0.3, 0.4) is 0 Å². The summed E-state index contributed by atoms with van der Waals surface area (Å²) >= 11 is 0. The van der Waals surface area contributed by atoms with Crippen LogP contribution in [0.2, 0.25) is 0 Å². The molecular weight excluding hydrogens is 176 g/mol. The van der Waals surface area contributed by atoms with Gasteiger partial charge >= 0.3 is 0 Å². The third-order valence-corrected chi connectivity index (χ3v) is 2.15. The van der Waals surface area contributed by atoms with Crippen LogP contribution in [0.5, 0.6) is 0 Å². The zero-order chi connectivity index (χ0) is 10.3. The number of fused-ring (bicyclic) bond motifs is 1. The number of hydrogen-bond donors (Lipinski definition) is 1. The zero-order valence-electron chi connectivity index (χ0n) is 8.65. The summed E-state index contributed by atoms with van der Waals surface area (Å²) in [5, 5.41) is 0. The first-order valence-electron chi connectivity index (χ1n) is 4.57. The molecule has 0 aromatic carbocycles. The lowest BCUT2D eigenvalue weighted by Gasteiger charge is -2.17. The van der Waals surface area contributed by atoms with Crippen LogP contribution in [-0.2, 0) is 5.41 Å². The fourth-order valence-corrected chi connectivity index (χ4v) is 1.44. The fourth-order valence-electron chi connectivity index (χ4n) is 1.44. The maximum atomic E-state index is 5.68. The number of nitrogens with zero attached hydrogens (tertiary/aromatic N) is 3. The highest BCUT2D eigenvalue weighted by atomic mass is 15.1. The maximum Gasteiger partial charge on any atom is 0.234 e. The van der Waals surface area contributed by atoms with Crippen LogP contribution >= 0.6 is 0 Å². The van der Waals surface area contributed by atoms with Crippen molar-refractivity contribution in [1.29, 1.82) is 0 Å². The van der Waals surface area contributed by atoms with Crippen LogP contribution in [-0.4, -0.2) is 14.4 Å². The van der Waals surface area contributed by atoms with Crippen molar-refractivity contribution in [1.82, 2.24) is 14.4 Å². The molecule has 0 aliphatic rings. The molecule has 2 aromatic rings. The number of aromatic nitrogens is 3. The van der Waals surface area contributed by atoms with Crippen LogP contribution < -0.4 is 5.73 Å². The molecule has 2 heterocycles. The van der Waals surface area contributed by atoms with Gasteiger partial charge in [0.1, 0.15) is 0 Å². The molecule has 0 saturated heterocycles. The van der Waals surface area contributed by atoms with Crippen LogP contribution in [0.25, 0.3) is 5.78 Å². The summed E-state index contributed by atoms with van der Waals surface area (Å²) in [6.07, 6.45) is 5.33. The Morgan fingerprint density at radius 1 is 1.21 bits per heavy atom. The van der Waals surface area contributed by atoms with Gasteiger partial charge in [-0.3, -0.25) is 4.40 Å². The minimum Gasteiger partial charge on any atom is -0.396 e. The number of rotatable bonds is 0. The van der Waals surface area contributed by atoms with Crippen LogP contribution in [0.1, 0.15) is 26.5 Å². The lowest BCUT2D eigenvalue weighted by atomic mass is 9.93. The Morgan fingerprint density at radius 3 is 2.50 bits per heavy atom. The van der Waals surface area contributed by atoms with Gasteiger partial charge in [0, 0.05) is 17.3 Å². The van der Waals surface area contributed by atoms with E-state index in [0.29, 0.717) is 11.5 Å². The first kappa shape index (κ1) is 8.99. The molecule has 0 amide bonds. The second-order valence-corrected chi connectivity index (χ2v) is 4.45. The second-order valence-electron chi connectivity index (χ2n) is 4.45. The smallest absolute Gasteiger partial charge is 0.234 e. The van der Waals surface area contributed by atoms with Crippen LogP contribution in [0, 0.1) is 0 Å². The van der Waals surface area contributed by atoms with Gasteiger partial charge in [-0.05, 0) is 0 Å². The predicted octanol–water partition coefficient (Wildman–Crippen LogP) is 1.61. The van der Waals surface area contributed by atoms with Crippen molar-refractivity contribution in [2.75, 3.05) is 5.73 Å². The summed E-state index contributed by atoms with van der Waals surface area (Å²) in [7, 11) is 0. The lowest BCUT2D eigenvalue weighted by Crippen LogP contribution is -2.14. The standard InChI is InChI=1S/C10H14N4/c1-10(2,3)8-5-13-9-12-4-7(11)6-14(8)9/h4-6H,11H2,1-3H3. The largest absolute Gasteiger partial charge is 0.396 e. The molecule has 4 heteroatoms. The maximum absolute atomic E-state index is 5.68. The summed E-state index contributed by atoms with van der Waals surface area (Å²) in [5.74, 6) is 0.698. The molecule has 0 spiro atoms. The molecule has 0 radical (unpaired) electrons. The van der Waals surface area contributed by atoms with Crippen molar-refractivity contribution < 1.29 is 0 Å². The van der Waals surface area contributed by atoms with Crippen molar-refractivity contribution in [2.45, 2.75) is 26.2 Å². The van der Waals surface area contributed by atoms with Gasteiger partial charge in [-0.15, -0.1) is 0 Å². The van der Waals surface area contributed by atoms with E-state index in [9.17, 15) is 0 Å². The lowest BCUT2D eigenvalue weighted by molar-refractivity contribution is 0.563. The van der Waals surface area contributed by atoms with E-state index in [-0.39, 0.29) is 5.41 Å². The van der Waals surface area contributed by atoms with Crippen molar-refractivity contribution in [3.8, 4) is 0 Å². The topological polar surface area (TPSA) is 56.2 Å². The monoisotopic (exact) mass is 190 g/mol. The summed E-state index contributed by atoms with van der Waals surface area (Å²) in [6, 6.07) is 0. The van der Waals surface area contributed by atoms with Gasteiger partial charge in [0.15, 0.2) is 0 Å². The SMILES string of the molecule is CC(C)(C)c1cnc2ncc(N)cn12. The molecular formula is C10H14N4. The first-order chi connectivity index (χ1) is 6.48. The van der Waals surface area contributed by atoms with Crippen molar-refractivity contribution >= 4 is 11.5 Å². The van der Waals surface area contributed by atoms with E-state index >= 15 is 0 Å². The van der Waals surface area contributed by atoms with E-state index in [1.54, 1.807) is 6.20 Å². The third kappa shape index (κ3) is 1.32. The molecule has 0 atom stereocenters. The highest BCUT2D eigenvalue weighted by molar-refractivity contribution is 5.41. The van der Waals surface area contributed by atoms with Gasteiger partial charge < -0.3 is 5.73 Å². The number of nitrogen functional groups attached to an aromatic ring is 1. The second kappa shape index (κ2) is 2.70. The Hall–Kier alpha value is -1.58. The minimum atomic E-state index is 0.0505. The van der Waals surface area contributed by atoms with Gasteiger partial charge in [0.2, 0.25) is 5.78 Å². The zero-order valence-corrected chi connectivity index (χ0v) is 8.65. The molecule has 14 heavy (non-hydrogen) atoms. The van der Waals surface area contributed by atoms with Crippen molar-refractivity contribution in [2.24, 2.45) is 0 Å². The van der Waals surface area contributed by atoms with Crippen molar-refractivity contribution in [3.05, 3.63) is 24.3 Å². The summed E-state index contributed by atoms with van der Waals surface area (Å²) in [4.78, 5) is 8.36. The number of hydrogen-bond acceptors (Lipinski definition) is 3. The van der Waals surface area contributed by atoms with E-state index in [1.165, 1.54) is 0 Å². The highest BCUT2D eigenvalue weighted by Crippen LogP contribution is 2.22. The van der Waals surface area contributed by atoms with E-state index in [1.807, 2.05) is 16.8 Å². The average Bonchev–Trinajstić information content (AvgIpc) is 2.45. The molecule has 0 fully saturated rings. The third-order valence-electron chi connectivity index (χ3n) is 2.15. The van der Waals surface area contributed by atoms with Gasteiger partial charge in [0.05, 0.1) is 18.1 Å². The number of nitrogens with two attached hydrogens (primary N) is 1. The van der Waals surface area contributed by atoms with Crippen molar-refractivity contribution in [3.63, 3.8) is 0 Å². The molecule has 74 valence electrons. The van der Waals surface area contributed by atoms with E-state index in [0.717, 1.165) is 5.69 Å². The normalized spacial score (nSPS) is 12.2. The summed E-state index contributed by atoms with van der Waals surface area (Å²) in [5.41, 5.74) is 7.51. The molecule has 2 N–H and O–H groups in total. The molecule has 4 nitrogen and oxygen atoms in total. The van der Waals surface area contributed by atoms with Crippen LogP contribution in [0.4, 0.5) is 5.69 Å². The molecule has 0 saturated carbocycles. The predicted molar refractivity (Wildman–Crippen MR) is 56.1 cm³/mol. The quantitative estimate of drug-likeness (QED) is 0.686. The number of anilines is 1. The van der Waals surface area contributed by atoms with E-state index < -0.39 is 0 Å². The van der Waals surface area contributed by atoms with Gasteiger partial charge in [-0.1, -0.05) is 20.8 Å². The Balaban J connectivity index is 2.73. The average molecular weight is 190 g/mol. The molecule has 0 aliphatic carbocycles. The minimum absolute atomic E-state index is 0.0505. The van der Waals surface area contributed by atoms with Crippen LogP contribution in [0.15, 0.2) is 18.6 Å². The Bertz CT molecular complexity index is 464. The van der Waals surface area contributed by atoms with Gasteiger partial charge in [-0.25, -0.2) is 9.97 Å². The summed E-state index contributed by atoms with van der Waals surface area (Å²) < 4.78 is 1.94.